The van der Waals surface area contributed by atoms with Gasteiger partial charge in [0.05, 0.1) is 16.6 Å². The minimum absolute atomic E-state index is 1.11. The number of fused-ring (bicyclic) bond motifs is 9. The molecule has 0 N–H and O–H groups in total. The lowest BCUT2D eigenvalue weighted by Gasteiger charge is -2.26. The monoisotopic (exact) mass is 827 g/mol. The molecule has 0 radical (unpaired) electrons. The molecule has 0 bridgehead atoms. The van der Waals surface area contributed by atoms with E-state index in [1.165, 1.54) is 81.9 Å². The van der Waals surface area contributed by atoms with Gasteiger partial charge in [-0.3, -0.25) is 0 Å². The molecule has 0 aliphatic carbocycles. The smallest absolute Gasteiger partial charge is 0.0627 e. The van der Waals surface area contributed by atoms with Crippen LogP contribution in [0.4, 0.5) is 34.1 Å². The molecule has 0 atom stereocenters. The summed E-state index contributed by atoms with van der Waals surface area (Å²) in [6, 6.07) is 90.6. The van der Waals surface area contributed by atoms with Crippen LogP contribution in [0.25, 0.3) is 81.9 Å². The fourth-order valence-electron chi connectivity index (χ4n) is 10.2. The van der Waals surface area contributed by atoms with Crippen molar-refractivity contribution >= 4 is 93.8 Å². The van der Waals surface area contributed by atoms with E-state index in [9.17, 15) is 0 Å². The second-order valence-electron chi connectivity index (χ2n) is 17.0. The minimum Gasteiger partial charge on any atom is -0.310 e. The number of rotatable bonds is 8. The van der Waals surface area contributed by atoms with E-state index in [4.69, 9.17) is 0 Å². The van der Waals surface area contributed by atoms with Crippen molar-refractivity contribution in [1.82, 2.24) is 4.40 Å². The highest BCUT2D eigenvalue weighted by molar-refractivity contribution is 6.32. The number of hydrogen-bond donors (Lipinski definition) is 0. The van der Waals surface area contributed by atoms with E-state index in [0.29, 0.717) is 0 Å². The SMILES string of the molecule is c1ccc(-c2ccc(N(c3ccccc3)c3ccc4cc5c6ccc(N(c7ccccc7)c7ccc(-c8ccccc8)cc7)cc6n6c7cc8ccccc8cc7c(c4c3)c56)cc2)cc1. The van der Waals surface area contributed by atoms with Gasteiger partial charge in [0.2, 0.25) is 0 Å². The van der Waals surface area contributed by atoms with Crippen molar-refractivity contribution in [1.29, 1.82) is 0 Å². The second kappa shape index (κ2) is 15.0. The molecule has 65 heavy (non-hydrogen) atoms. The summed E-state index contributed by atoms with van der Waals surface area (Å²) in [4.78, 5) is 4.76. The predicted octanol–water partition coefficient (Wildman–Crippen LogP) is 17.4. The molecule has 3 nitrogen and oxygen atoms in total. The number of para-hydroxylation sites is 2. The Morgan fingerprint density at radius 3 is 1.23 bits per heavy atom. The molecular weight excluding hydrogens is 787 g/mol. The number of hydrogen-bond acceptors (Lipinski definition) is 2. The number of benzene rings is 11. The van der Waals surface area contributed by atoms with Crippen molar-refractivity contribution in [2.75, 3.05) is 9.80 Å². The fraction of sp³-hybridized carbons (Fsp3) is 0. The first-order valence-electron chi connectivity index (χ1n) is 22.3. The van der Waals surface area contributed by atoms with Gasteiger partial charge in [-0.2, -0.15) is 0 Å². The summed E-state index contributed by atoms with van der Waals surface area (Å²) >= 11 is 0. The van der Waals surface area contributed by atoms with Crippen molar-refractivity contribution < 1.29 is 0 Å². The van der Waals surface area contributed by atoms with Crippen molar-refractivity contribution in [3.05, 3.63) is 249 Å². The third kappa shape index (κ3) is 6.12. The molecule has 304 valence electrons. The van der Waals surface area contributed by atoms with Crippen LogP contribution in [0, 0.1) is 0 Å². The fourth-order valence-corrected chi connectivity index (χ4v) is 10.2. The highest BCUT2D eigenvalue weighted by Gasteiger charge is 2.24. The molecule has 0 saturated carbocycles. The van der Waals surface area contributed by atoms with Crippen LogP contribution in [0.1, 0.15) is 0 Å². The van der Waals surface area contributed by atoms with E-state index < -0.39 is 0 Å². The average Bonchev–Trinajstić information content (AvgIpc) is 3.88. The quantitative estimate of drug-likeness (QED) is 0.151. The number of aromatic nitrogens is 1. The number of anilines is 6. The molecule has 0 fully saturated rings. The third-order valence-corrected chi connectivity index (χ3v) is 13.2. The maximum atomic E-state index is 2.54. The Kier molecular flexibility index (Phi) is 8.53. The van der Waals surface area contributed by atoms with E-state index in [1.54, 1.807) is 0 Å². The molecule has 0 saturated heterocycles. The Hall–Kier alpha value is -8.66. The second-order valence-corrected chi connectivity index (χ2v) is 17.0. The van der Waals surface area contributed by atoms with Gasteiger partial charge in [-0.15, -0.1) is 0 Å². The van der Waals surface area contributed by atoms with Gasteiger partial charge in [0.15, 0.2) is 0 Å². The lowest BCUT2D eigenvalue weighted by Crippen LogP contribution is -2.09. The summed E-state index contributed by atoms with van der Waals surface area (Å²) in [7, 11) is 0. The topological polar surface area (TPSA) is 10.9 Å². The van der Waals surface area contributed by atoms with Crippen molar-refractivity contribution in [2.24, 2.45) is 0 Å². The summed E-state index contributed by atoms with van der Waals surface area (Å²) < 4.78 is 2.54. The highest BCUT2D eigenvalue weighted by atomic mass is 15.1. The van der Waals surface area contributed by atoms with Gasteiger partial charge in [-0.05, 0) is 135 Å². The van der Waals surface area contributed by atoms with Crippen LogP contribution in [-0.2, 0) is 0 Å². The zero-order valence-electron chi connectivity index (χ0n) is 35.5. The maximum Gasteiger partial charge on any atom is 0.0627 e. The lowest BCUT2D eigenvalue weighted by atomic mass is 9.98. The molecule has 2 heterocycles. The Morgan fingerprint density at radius 2 is 0.662 bits per heavy atom. The lowest BCUT2D eigenvalue weighted by molar-refractivity contribution is 1.28. The Bertz CT molecular complexity index is 3670. The van der Waals surface area contributed by atoms with Crippen LogP contribution < -0.4 is 9.80 Å². The molecule has 13 aromatic rings. The Labute approximate surface area is 377 Å². The van der Waals surface area contributed by atoms with Gasteiger partial charge in [-0.1, -0.05) is 158 Å². The Morgan fingerprint density at radius 1 is 0.246 bits per heavy atom. The average molecular weight is 828 g/mol. The zero-order chi connectivity index (χ0) is 42.8. The van der Waals surface area contributed by atoms with E-state index in [0.717, 1.165) is 34.1 Å². The normalized spacial score (nSPS) is 11.7. The van der Waals surface area contributed by atoms with Crippen LogP contribution in [-0.4, -0.2) is 4.40 Å². The maximum absolute atomic E-state index is 2.54. The minimum atomic E-state index is 1.11. The van der Waals surface area contributed by atoms with E-state index >= 15 is 0 Å². The van der Waals surface area contributed by atoms with Gasteiger partial charge >= 0.3 is 0 Å². The van der Waals surface area contributed by atoms with Crippen molar-refractivity contribution in [3.8, 4) is 22.3 Å². The Balaban J connectivity index is 1.03. The zero-order valence-corrected chi connectivity index (χ0v) is 35.5. The molecule has 3 heteroatoms. The number of nitrogens with zero attached hydrogens (tertiary/aromatic N) is 3. The van der Waals surface area contributed by atoms with Crippen LogP contribution in [0.2, 0.25) is 0 Å². The van der Waals surface area contributed by atoms with Crippen molar-refractivity contribution in [3.63, 3.8) is 0 Å². The first-order valence-corrected chi connectivity index (χ1v) is 22.3. The third-order valence-electron chi connectivity index (χ3n) is 13.2. The molecule has 11 aromatic carbocycles. The molecule has 0 spiro atoms. The molecule has 2 aromatic heterocycles. The van der Waals surface area contributed by atoms with Crippen LogP contribution in [0.3, 0.4) is 0 Å². The van der Waals surface area contributed by atoms with Crippen LogP contribution in [0.15, 0.2) is 249 Å². The van der Waals surface area contributed by atoms with Gasteiger partial charge in [-0.25, -0.2) is 0 Å². The molecular formula is C62H41N3. The summed E-state index contributed by atoms with van der Waals surface area (Å²) in [5.74, 6) is 0. The van der Waals surface area contributed by atoms with E-state index in [-0.39, 0.29) is 0 Å². The van der Waals surface area contributed by atoms with Gasteiger partial charge in [0, 0.05) is 55.7 Å². The summed E-state index contributed by atoms with van der Waals surface area (Å²) in [6.45, 7) is 0. The van der Waals surface area contributed by atoms with Crippen molar-refractivity contribution in [2.45, 2.75) is 0 Å². The standard InChI is InChI=1S/C62H41N3/c1-5-15-42(16-6-1)44-25-30-51(31-26-44)63(49-21-9-3-10-22-49)53-34-29-48-38-57-55-36-35-54(64(50-23-11-4-12-24-50)52-32-27-45(28-33-52)43-17-7-2-8-18-43)41-60(55)65-59-39-47-20-14-13-19-46(47)37-58(59)61(62(57)65)56(48)40-53/h1-41H. The summed E-state index contributed by atoms with van der Waals surface area (Å²) in [5, 5.41) is 9.96. The van der Waals surface area contributed by atoms with Crippen LogP contribution >= 0.6 is 0 Å². The largest absolute Gasteiger partial charge is 0.310 e. The molecule has 0 aliphatic heterocycles. The molecule has 0 aliphatic rings. The first kappa shape index (κ1) is 36.9. The first-order chi connectivity index (χ1) is 32.2. The van der Waals surface area contributed by atoms with E-state index in [1.807, 2.05) is 0 Å². The van der Waals surface area contributed by atoms with E-state index in [2.05, 4.69) is 263 Å². The van der Waals surface area contributed by atoms with Crippen LogP contribution in [0.5, 0.6) is 0 Å². The van der Waals surface area contributed by atoms with Gasteiger partial charge < -0.3 is 14.2 Å². The van der Waals surface area contributed by atoms with Gasteiger partial charge in [0.25, 0.3) is 0 Å². The van der Waals surface area contributed by atoms with Gasteiger partial charge in [0.1, 0.15) is 0 Å². The highest BCUT2D eigenvalue weighted by Crippen LogP contribution is 2.47. The predicted molar refractivity (Wildman–Crippen MR) is 276 cm³/mol. The summed E-state index contributed by atoms with van der Waals surface area (Å²) in [6.07, 6.45) is 0. The molecule has 0 amide bonds. The molecule has 13 rings (SSSR count). The summed E-state index contributed by atoms with van der Waals surface area (Å²) in [5.41, 5.74) is 15.1. The molecule has 0 unspecified atom stereocenters.